The molecule has 6 heteroatoms. The van der Waals surface area contributed by atoms with E-state index in [0.717, 1.165) is 5.69 Å². The number of aromatic nitrogens is 2. The van der Waals surface area contributed by atoms with Crippen molar-refractivity contribution in [1.82, 2.24) is 15.3 Å². The SMILES string of the molecule is O=C(CCOc1cccc(F)c1)NCCc1cnc[nH]1. The van der Waals surface area contributed by atoms with Gasteiger partial charge in [-0.3, -0.25) is 4.79 Å². The van der Waals surface area contributed by atoms with E-state index in [1.807, 2.05) is 0 Å². The van der Waals surface area contributed by atoms with Gasteiger partial charge < -0.3 is 15.0 Å². The summed E-state index contributed by atoms with van der Waals surface area (Å²) < 4.78 is 18.2. The fourth-order valence-electron chi connectivity index (χ4n) is 1.66. The first-order valence-electron chi connectivity index (χ1n) is 6.36. The maximum absolute atomic E-state index is 12.9. The molecule has 0 aliphatic heterocycles. The lowest BCUT2D eigenvalue weighted by atomic mass is 10.3. The zero-order chi connectivity index (χ0) is 14.2. The summed E-state index contributed by atoms with van der Waals surface area (Å²) in [5.41, 5.74) is 0.973. The molecule has 1 heterocycles. The molecular weight excluding hydrogens is 261 g/mol. The summed E-state index contributed by atoms with van der Waals surface area (Å²) in [6, 6.07) is 5.85. The van der Waals surface area contributed by atoms with Gasteiger partial charge >= 0.3 is 0 Å². The number of ether oxygens (including phenoxy) is 1. The van der Waals surface area contributed by atoms with Crippen LogP contribution in [0.3, 0.4) is 0 Å². The van der Waals surface area contributed by atoms with Crippen molar-refractivity contribution < 1.29 is 13.9 Å². The number of halogens is 1. The smallest absolute Gasteiger partial charge is 0.223 e. The van der Waals surface area contributed by atoms with Crippen LogP contribution in [-0.2, 0) is 11.2 Å². The molecule has 0 radical (unpaired) electrons. The van der Waals surface area contributed by atoms with Crippen molar-refractivity contribution in [3.05, 3.63) is 48.3 Å². The third-order valence-electron chi connectivity index (χ3n) is 2.67. The number of H-pyrrole nitrogens is 1. The first kappa shape index (κ1) is 14.0. The van der Waals surface area contributed by atoms with Crippen LogP contribution in [0.25, 0.3) is 0 Å². The summed E-state index contributed by atoms with van der Waals surface area (Å²) in [5.74, 6) is -0.0253. The first-order valence-corrected chi connectivity index (χ1v) is 6.36. The third kappa shape index (κ3) is 4.72. The van der Waals surface area contributed by atoms with Crippen molar-refractivity contribution in [1.29, 1.82) is 0 Å². The maximum atomic E-state index is 12.9. The van der Waals surface area contributed by atoms with E-state index in [4.69, 9.17) is 4.74 Å². The van der Waals surface area contributed by atoms with Gasteiger partial charge in [-0.1, -0.05) is 6.07 Å². The Morgan fingerprint density at radius 1 is 1.45 bits per heavy atom. The molecule has 0 bridgehead atoms. The minimum Gasteiger partial charge on any atom is -0.493 e. The Kier molecular flexibility index (Phi) is 5.11. The van der Waals surface area contributed by atoms with Crippen molar-refractivity contribution >= 4 is 5.91 Å². The Bertz CT molecular complexity index is 543. The van der Waals surface area contributed by atoms with Crippen molar-refractivity contribution in [3.63, 3.8) is 0 Å². The quantitative estimate of drug-likeness (QED) is 0.809. The van der Waals surface area contributed by atoms with E-state index < -0.39 is 0 Å². The van der Waals surface area contributed by atoms with Gasteiger partial charge in [-0.25, -0.2) is 9.37 Å². The summed E-state index contributed by atoms with van der Waals surface area (Å²) in [4.78, 5) is 18.4. The first-order chi connectivity index (χ1) is 9.74. The van der Waals surface area contributed by atoms with Crippen LogP contribution >= 0.6 is 0 Å². The zero-order valence-electron chi connectivity index (χ0n) is 10.9. The predicted molar refractivity (Wildman–Crippen MR) is 71.8 cm³/mol. The molecule has 2 aromatic rings. The molecule has 0 atom stereocenters. The molecular formula is C14H16FN3O2. The summed E-state index contributed by atoms with van der Waals surface area (Å²) in [6.07, 6.45) is 4.26. The number of aromatic amines is 1. The second-order valence-corrected chi connectivity index (χ2v) is 4.23. The Balaban J connectivity index is 1.60. The van der Waals surface area contributed by atoms with Crippen LogP contribution < -0.4 is 10.1 Å². The van der Waals surface area contributed by atoms with Crippen molar-refractivity contribution in [2.45, 2.75) is 12.8 Å². The van der Waals surface area contributed by atoms with E-state index in [9.17, 15) is 9.18 Å². The van der Waals surface area contributed by atoms with Crippen LogP contribution in [0.4, 0.5) is 4.39 Å². The number of carbonyl (C=O) groups is 1. The number of amides is 1. The molecule has 0 unspecified atom stereocenters. The number of carbonyl (C=O) groups excluding carboxylic acids is 1. The van der Waals surface area contributed by atoms with Gasteiger partial charge in [0.15, 0.2) is 0 Å². The summed E-state index contributed by atoms with van der Waals surface area (Å²) in [5, 5.41) is 2.78. The van der Waals surface area contributed by atoms with Crippen molar-refractivity contribution in [2.24, 2.45) is 0 Å². The van der Waals surface area contributed by atoms with Crippen LogP contribution in [0, 0.1) is 5.82 Å². The fourth-order valence-corrected chi connectivity index (χ4v) is 1.66. The van der Waals surface area contributed by atoms with Gasteiger partial charge in [0, 0.05) is 30.9 Å². The molecule has 1 aromatic carbocycles. The van der Waals surface area contributed by atoms with Gasteiger partial charge in [0.2, 0.25) is 5.91 Å². The third-order valence-corrected chi connectivity index (χ3v) is 2.67. The molecule has 1 amide bonds. The number of nitrogens with zero attached hydrogens (tertiary/aromatic N) is 1. The molecule has 0 aliphatic carbocycles. The molecule has 0 spiro atoms. The number of hydrogen-bond acceptors (Lipinski definition) is 3. The van der Waals surface area contributed by atoms with Crippen molar-refractivity contribution in [3.8, 4) is 5.75 Å². The van der Waals surface area contributed by atoms with E-state index in [2.05, 4.69) is 15.3 Å². The van der Waals surface area contributed by atoms with Gasteiger partial charge in [0.25, 0.3) is 0 Å². The van der Waals surface area contributed by atoms with E-state index in [1.54, 1.807) is 24.7 Å². The molecule has 5 nitrogen and oxygen atoms in total. The van der Waals surface area contributed by atoms with Gasteiger partial charge in [-0.15, -0.1) is 0 Å². The largest absolute Gasteiger partial charge is 0.493 e. The van der Waals surface area contributed by atoms with Crippen LogP contribution in [-0.4, -0.2) is 29.0 Å². The van der Waals surface area contributed by atoms with Crippen LogP contribution in [0.2, 0.25) is 0 Å². The van der Waals surface area contributed by atoms with Gasteiger partial charge in [-0.05, 0) is 12.1 Å². The average molecular weight is 277 g/mol. The minimum atomic E-state index is -0.355. The van der Waals surface area contributed by atoms with Gasteiger partial charge in [0.05, 0.1) is 19.4 Å². The molecule has 0 saturated carbocycles. The fraction of sp³-hybridized carbons (Fsp3) is 0.286. The Hall–Kier alpha value is -2.37. The number of hydrogen-bond donors (Lipinski definition) is 2. The zero-order valence-corrected chi connectivity index (χ0v) is 10.9. The highest BCUT2D eigenvalue weighted by molar-refractivity contribution is 5.75. The molecule has 1 aromatic heterocycles. The molecule has 2 rings (SSSR count). The highest BCUT2D eigenvalue weighted by atomic mass is 19.1. The van der Waals surface area contributed by atoms with Gasteiger partial charge in [-0.2, -0.15) is 0 Å². The Labute approximate surface area is 116 Å². The van der Waals surface area contributed by atoms with E-state index >= 15 is 0 Å². The monoisotopic (exact) mass is 277 g/mol. The highest BCUT2D eigenvalue weighted by Gasteiger charge is 2.02. The summed E-state index contributed by atoms with van der Waals surface area (Å²) in [6.45, 7) is 0.764. The number of imidazole rings is 1. The van der Waals surface area contributed by atoms with Gasteiger partial charge in [0.1, 0.15) is 11.6 Å². The molecule has 2 N–H and O–H groups in total. The lowest BCUT2D eigenvalue weighted by Crippen LogP contribution is -2.27. The highest BCUT2D eigenvalue weighted by Crippen LogP contribution is 2.11. The van der Waals surface area contributed by atoms with E-state index in [-0.39, 0.29) is 24.8 Å². The normalized spacial score (nSPS) is 10.2. The maximum Gasteiger partial charge on any atom is 0.223 e. The molecule has 0 fully saturated rings. The second kappa shape index (κ2) is 7.28. The number of benzene rings is 1. The van der Waals surface area contributed by atoms with E-state index in [1.165, 1.54) is 12.1 Å². The second-order valence-electron chi connectivity index (χ2n) is 4.23. The van der Waals surface area contributed by atoms with E-state index in [0.29, 0.717) is 18.7 Å². The Morgan fingerprint density at radius 3 is 3.10 bits per heavy atom. The van der Waals surface area contributed by atoms with Crippen LogP contribution in [0.1, 0.15) is 12.1 Å². The lowest BCUT2D eigenvalue weighted by Gasteiger charge is -2.07. The Morgan fingerprint density at radius 2 is 2.35 bits per heavy atom. The number of nitrogens with one attached hydrogen (secondary N) is 2. The summed E-state index contributed by atoms with van der Waals surface area (Å²) >= 11 is 0. The predicted octanol–water partition coefficient (Wildman–Crippen LogP) is 1.68. The summed E-state index contributed by atoms with van der Waals surface area (Å²) in [7, 11) is 0. The molecule has 20 heavy (non-hydrogen) atoms. The topological polar surface area (TPSA) is 67.0 Å². The molecule has 0 saturated heterocycles. The average Bonchev–Trinajstić information content (AvgIpc) is 2.92. The van der Waals surface area contributed by atoms with Crippen LogP contribution in [0.15, 0.2) is 36.8 Å². The lowest BCUT2D eigenvalue weighted by molar-refractivity contribution is -0.121. The van der Waals surface area contributed by atoms with Crippen molar-refractivity contribution in [2.75, 3.05) is 13.2 Å². The molecule has 106 valence electrons. The van der Waals surface area contributed by atoms with Crippen LogP contribution in [0.5, 0.6) is 5.75 Å². The molecule has 0 aliphatic rings. The standard InChI is InChI=1S/C14H16FN3O2/c15-11-2-1-3-13(8-11)20-7-5-14(19)17-6-4-12-9-16-10-18-12/h1-3,8-10H,4-7H2,(H,16,18)(H,17,19). The minimum absolute atomic E-state index is 0.0964. The number of rotatable bonds is 7.